The van der Waals surface area contributed by atoms with E-state index in [1.807, 2.05) is 0 Å². The van der Waals surface area contributed by atoms with Crippen LogP contribution in [0.15, 0.2) is 35.1 Å². The molecule has 0 saturated carbocycles. The van der Waals surface area contributed by atoms with Gasteiger partial charge in [-0.1, -0.05) is 5.16 Å². The van der Waals surface area contributed by atoms with Gasteiger partial charge in [0, 0.05) is 11.8 Å². The molecule has 1 aromatic heterocycles. The highest BCUT2D eigenvalue weighted by molar-refractivity contribution is 6.03. The predicted molar refractivity (Wildman–Crippen MR) is 59.5 cm³/mol. The van der Waals surface area contributed by atoms with Crippen molar-refractivity contribution in [3.05, 3.63) is 41.8 Å². The van der Waals surface area contributed by atoms with Crippen LogP contribution in [0.4, 0.5) is 5.69 Å². The second kappa shape index (κ2) is 4.58. The van der Waals surface area contributed by atoms with Crippen LogP contribution in [0.1, 0.15) is 20.8 Å². The summed E-state index contributed by atoms with van der Waals surface area (Å²) in [5, 5.41) is 24.0. The molecule has 0 aliphatic carbocycles. The summed E-state index contributed by atoms with van der Waals surface area (Å²) >= 11 is 0. The highest BCUT2D eigenvalue weighted by atomic mass is 16.5. The quantitative estimate of drug-likeness (QED) is 0.706. The first-order valence-corrected chi connectivity index (χ1v) is 4.86. The van der Waals surface area contributed by atoms with Gasteiger partial charge in [-0.3, -0.25) is 4.79 Å². The standard InChI is InChI=1S/C11H8N2O5/c14-9-2-1-6(5-7(9)11(16)17)12-10(15)8-3-4-18-13-8/h1-5,14H,(H,12,15)(H,16,17). The first-order valence-electron chi connectivity index (χ1n) is 4.86. The van der Waals surface area contributed by atoms with Crippen LogP contribution in [-0.2, 0) is 0 Å². The zero-order chi connectivity index (χ0) is 13.1. The Labute approximate surface area is 101 Å². The zero-order valence-electron chi connectivity index (χ0n) is 8.95. The van der Waals surface area contributed by atoms with Gasteiger partial charge in [-0.2, -0.15) is 0 Å². The topological polar surface area (TPSA) is 113 Å². The van der Waals surface area contributed by atoms with Crippen molar-refractivity contribution in [1.82, 2.24) is 5.16 Å². The van der Waals surface area contributed by atoms with Crippen LogP contribution in [0.25, 0.3) is 0 Å². The van der Waals surface area contributed by atoms with Gasteiger partial charge in [-0.15, -0.1) is 0 Å². The van der Waals surface area contributed by atoms with E-state index in [0.29, 0.717) is 0 Å². The molecule has 7 nitrogen and oxygen atoms in total. The second-order valence-electron chi connectivity index (χ2n) is 3.38. The lowest BCUT2D eigenvalue weighted by Gasteiger charge is -2.05. The molecule has 0 bridgehead atoms. The van der Waals surface area contributed by atoms with E-state index in [0.717, 1.165) is 6.07 Å². The van der Waals surface area contributed by atoms with Crippen LogP contribution in [0, 0.1) is 0 Å². The second-order valence-corrected chi connectivity index (χ2v) is 3.38. The van der Waals surface area contributed by atoms with Crippen molar-refractivity contribution in [3.63, 3.8) is 0 Å². The molecule has 0 fully saturated rings. The fourth-order valence-electron chi connectivity index (χ4n) is 1.31. The van der Waals surface area contributed by atoms with Crippen LogP contribution >= 0.6 is 0 Å². The van der Waals surface area contributed by atoms with Gasteiger partial charge in [0.05, 0.1) is 0 Å². The summed E-state index contributed by atoms with van der Waals surface area (Å²) < 4.78 is 4.51. The molecule has 0 radical (unpaired) electrons. The normalized spacial score (nSPS) is 10.0. The Hall–Kier alpha value is -2.83. The lowest BCUT2D eigenvalue weighted by molar-refractivity contribution is 0.0693. The fraction of sp³-hybridized carbons (Fsp3) is 0. The number of hydrogen-bond acceptors (Lipinski definition) is 5. The van der Waals surface area contributed by atoms with Crippen LogP contribution in [-0.4, -0.2) is 27.2 Å². The van der Waals surface area contributed by atoms with Crippen LogP contribution in [0.3, 0.4) is 0 Å². The average Bonchev–Trinajstić information content (AvgIpc) is 2.85. The monoisotopic (exact) mass is 248 g/mol. The number of phenols is 1. The summed E-state index contributed by atoms with van der Waals surface area (Å²) in [5.74, 6) is -2.20. The number of carboxylic acids is 1. The van der Waals surface area contributed by atoms with Gasteiger partial charge in [-0.25, -0.2) is 4.79 Å². The highest BCUT2D eigenvalue weighted by Crippen LogP contribution is 2.21. The number of rotatable bonds is 3. The molecule has 0 aliphatic rings. The average molecular weight is 248 g/mol. The van der Waals surface area contributed by atoms with E-state index in [1.165, 1.54) is 24.5 Å². The minimum Gasteiger partial charge on any atom is -0.507 e. The van der Waals surface area contributed by atoms with Crippen molar-refractivity contribution in [1.29, 1.82) is 0 Å². The summed E-state index contributed by atoms with van der Waals surface area (Å²) in [6.07, 6.45) is 1.24. The van der Waals surface area contributed by atoms with Crippen molar-refractivity contribution >= 4 is 17.6 Å². The number of carbonyl (C=O) groups is 2. The molecule has 2 rings (SSSR count). The number of carboxylic acid groups (broad SMARTS) is 1. The molecule has 0 aliphatic heterocycles. The number of hydrogen-bond donors (Lipinski definition) is 3. The third-order valence-electron chi connectivity index (χ3n) is 2.16. The minimum atomic E-state index is -1.29. The highest BCUT2D eigenvalue weighted by Gasteiger charge is 2.13. The lowest BCUT2D eigenvalue weighted by atomic mass is 10.2. The maximum absolute atomic E-state index is 11.6. The van der Waals surface area contributed by atoms with Crippen LogP contribution in [0.5, 0.6) is 5.75 Å². The Morgan fingerprint density at radius 1 is 1.28 bits per heavy atom. The maximum Gasteiger partial charge on any atom is 0.339 e. The molecule has 18 heavy (non-hydrogen) atoms. The Kier molecular flexibility index (Phi) is 2.96. The van der Waals surface area contributed by atoms with Crippen molar-refractivity contribution in [2.75, 3.05) is 5.32 Å². The zero-order valence-corrected chi connectivity index (χ0v) is 8.95. The van der Waals surface area contributed by atoms with Crippen molar-refractivity contribution in [3.8, 4) is 5.75 Å². The van der Waals surface area contributed by atoms with Gasteiger partial charge >= 0.3 is 5.97 Å². The largest absolute Gasteiger partial charge is 0.507 e. The number of aromatic nitrogens is 1. The number of benzene rings is 1. The molecule has 1 aromatic carbocycles. The number of nitrogens with one attached hydrogen (secondary N) is 1. The first kappa shape index (κ1) is 11.6. The van der Waals surface area contributed by atoms with Crippen LogP contribution < -0.4 is 5.32 Å². The lowest BCUT2D eigenvalue weighted by Crippen LogP contribution is -2.12. The first-order chi connectivity index (χ1) is 8.58. The third kappa shape index (κ3) is 2.29. The molecule has 1 heterocycles. The summed E-state index contributed by atoms with van der Waals surface area (Å²) in [7, 11) is 0. The van der Waals surface area contributed by atoms with E-state index in [2.05, 4.69) is 15.0 Å². The molecular formula is C11H8N2O5. The molecule has 0 spiro atoms. The molecule has 92 valence electrons. The van der Waals surface area contributed by atoms with Crippen LogP contribution in [0.2, 0.25) is 0 Å². The molecule has 7 heteroatoms. The Balaban J connectivity index is 2.22. The maximum atomic E-state index is 11.6. The predicted octanol–water partition coefficient (Wildman–Crippen LogP) is 1.33. The smallest absolute Gasteiger partial charge is 0.339 e. The van der Waals surface area contributed by atoms with E-state index in [4.69, 9.17) is 5.11 Å². The van der Waals surface area contributed by atoms with Crippen molar-refractivity contribution in [2.45, 2.75) is 0 Å². The summed E-state index contributed by atoms with van der Waals surface area (Å²) in [4.78, 5) is 22.4. The number of carbonyl (C=O) groups excluding carboxylic acids is 1. The van der Waals surface area contributed by atoms with E-state index in [1.54, 1.807) is 0 Å². The van der Waals surface area contributed by atoms with Gasteiger partial charge in [0.25, 0.3) is 5.91 Å². The fourth-order valence-corrected chi connectivity index (χ4v) is 1.31. The summed E-state index contributed by atoms with van der Waals surface area (Å²) in [5.41, 5.74) is 0.00565. The van der Waals surface area contributed by atoms with Gasteiger partial charge in [-0.05, 0) is 18.2 Å². The number of anilines is 1. The Morgan fingerprint density at radius 3 is 2.67 bits per heavy atom. The van der Waals surface area contributed by atoms with E-state index in [-0.39, 0.29) is 22.7 Å². The summed E-state index contributed by atoms with van der Waals surface area (Å²) in [6.45, 7) is 0. The van der Waals surface area contributed by atoms with Gasteiger partial charge < -0.3 is 20.1 Å². The molecular weight excluding hydrogens is 240 g/mol. The van der Waals surface area contributed by atoms with Crippen molar-refractivity contribution < 1.29 is 24.3 Å². The molecule has 2 aromatic rings. The number of amides is 1. The molecule has 3 N–H and O–H groups in total. The Bertz CT molecular complexity index is 591. The number of nitrogens with zero attached hydrogens (tertiary/aromatic N) is 1. The minimum absolute atomic E-state index is 0.0694. The van der Waals surface area contributed by atoms with E-state index >= 15 is 0 Å². The van der Waals surface area contributed by atoms with Crippen molar-refractivity contribution in [2.24, 2.45) is 0 Å². The van der Waals surface area contributed by atoms with Gasteiger partial charge in [0.1, 0.15) is 17.6 Å². The molecule has 0 unspecified atom stereocenters. The Morgan fingerprint density at radius 2 is 2.06 bits per heavy atom. The van der Waals surface area contributed by atoms with E-state index < -0.39 is 11.9 Å². The van der Waals surface area contributed by atoms with Gasteiger partial charge in [0.2, 0.25) is 0 Å². The van der Waals surface area contributed by atoms with Gasteiger partial charge in [0.15, 0.2) is 5.69 Å². The SMILES string of the molecule is O=C(Nc1ccc(O)c(C(=O)O)c1)c1ccon1. The van der Waals surface area contributed by atoms with E-state index in [9.17, 15) is 14.7 Å². The molecule has 0 atom stereocenters. The molecule has 1 amide bonds. The number of aromatic carboxylic acids is 1. The molecule has 0 saturated heterocycles. The third-order valence-corrected chi connectivity index (χ3v) is 2.16. The summed E-state index contributed by atoms with van der Waals surface area (Å²) in [6, 6.07) is 5.07. The number of aromatic hydroxyl groups is 1.